The van der Waals surface area contributed by atoms with E-state index in [1.165, 1.54) is 12.1 Å². The van der Waals surface area contributed by atoms with Crippen molar-refractivity contribution in [1.82, 2.24) is 0 Å². The summed E-state index contributed by atoms with van der Waals surface area (Å²) in [4.78, 5) is 11.8. The Morgan fingerprint density at radius 2 is 2.30 bits per heavy atom. The molecule has 0 saturated heterocycles. The van der Waals surface area contributed by atoms with Crippen LogP contribution in [0.1, 0.15) is 32.6 Å². The first-order chi connectivity index (χ1) is 9.60. The molecule has 110 valence electrons. The van der Waals surface area contributed by atoms with Crippen LogP contribution in [0.2, 0.25) is 5.02 Å². The minimum absolute atomic E-state index is 0.0751. The number of halogens is 2. The van der Waals surface area contributed by atoms with Crippen molar-refractivity contribution >= 4 is 23.3 Å². The molecule has 1 aliphatic carbocycles. The van der Waals surface area contributed by atoms with E-state index in [9.17, 15) is 9.18 Å². The maximum atomic E-state index is 13.7. The van der Waals surface area contributed by atoms with E-state index in [-0.39, 0.29) is 23.7 Å². The van der Waals surface area contributed by atoms with Crippen molar-refractivity contribution in [1.29, 1.82) is 0 Å². The number of esters is 1. The maximum Gasteiger partial charge on any atom is 0.308 e. The van der Waals surface area contributed by atoms with Gasteiger partial charge >= 0.3 is 5.97 Å². The molecule has 0 aliphatic heterocycles. The molecule has 0 bridgehead atoms. The van der Waals surface area contributed by atoms with E-state index < -0.39 is 0 Å². The molecule has 1 fully saturated rings. The van der Waals surface area contributed by atoms with Gasteiger partial charge in [-0.2, -0.15) is 0 Å². The lowest BCUT2D eigenvalue weighted by Gasteiger charge is -2.29. The third-order valence-corrected chi connectivity index (χ3v) is 3.82. The summed E-state index contributed by atoms with van der Waals surface area (Å²) in [5.74, 6) is -0.568. The highest BCUT2D eigenvalue weighted by atomic mass is 35.5. The molecule has 3 nitrogen and oxygen atoms in total. The van der Waals surface area contributed by atoms with Gasteiger partial charge in [0.05, 0.1) is 18.2 Å². The fourth-order valence-electron chi connectivity index (χ4n) is 2.62. The molecule has 0 radical (unpaired) electrons. The molecule has 0 amide bonds. The number of hydrogen-bond acceptors (Lipinski definition) is 3. The molecular weight excluding hydrogens is 281 g/mol. The Bertz CT molecular complexity index is 481. The topological polar surface area (TPSA) is 38.3 Å². The van der Waals surface area contributed by atoms with E-state index in [1.807, 2.05) is 0 Å². The van der Waals surface area contributed by atoms with Crippen LogP contribution in [-0.2, 0) is 9.53 Å². The summed E-state index contributed by atoms with van der Waals surface area (Å²) in [7, 11) is 0. The molecule has 1 N–H and O–H groups in total. The fraction of sp³-hybridized carbons (Fsp3) is 0.533. The van der Waals surface area contributed by atoms with Gasteiger partial charge in [0.1, 0.15) is 5.82 Å². The SMILES string of the molecule is CCOC(=O)C1CCCC(Nc2cc(Cl)ccc2F)C1. The minimum Gasteiger partial charge on any atom is -0.466 e. The van der Waals surface area contributed by atoms with Crippen molar-refractivity contribution in [2.24, 2.45) is 5.92 Å². The van der Waals surface area contributed by atoms with Crippen LogP contribution >= 0.6 is 11.6 Å². The van der Waals surface area contributed by atoms with Crippen molar-refractivity contribution in [3.05, 3.63) is 29.0 Å². The first kappa shape index (κ1) is 15.1. The molecule has 2 rings (SSSR count). The van der Waals surface area contributed by atoms with E-state index in [2.05, 4.69) is 5.32 Å². The summed E-state index contributed by atoms with van der Waals surface area (Å²) < 4.78 is 18.7. The number of rotatable bonds is 4. The van der Waals surface area contributed by atoms with Crippen molar-refractivity contribution in [2.75, 3.05) is 11.9 Å². The van der Waals surface area contributed by atoms with Gasteiger partial charge in [0.25, 0.3) is 0 Å². The molecule has 20 heavy (non-hydrogen) atoms. The largest absolute Gasteiger partial charge is 0.466 e. The Hall–Kier alpha value is -1.29. The fourth-order valence-corrected chi connectivity index (χ4v) is 2.80. The monoisotopic (exact) mass is 299 g/mol. The van der Waals surface area contributed by atoms with Crippen LogP contribution in [0.25, 0.3) is 0 Å². The predicted octanol–water partition coefficient (Wildman–Crippen LogP) is 4.01. The number of hydrogen-bond donors (Lipinski definition) is 1. The van der Waals surface area contributed by atoms with Crippen LogP contribution in [-0.4, -0.2) is 18.6 Å². The summed E-state index contributed by atoms with van der Waals surface area (Å²) in [6, 6.07) is 4.51. The third-order valence-electron chi connectivity index (χ3n) is 3.58. The molecule has 1 saturated carbocycles. The quantitative estimate of drug-likeness (QED) is 0.854. The van der Waals surface area contributed by atoms with E-state index in [0.29, 0.717) is 23.7 Å². The Morgan fingerprint density at radius 3 is 3.05 bits per heavy atom. The normalized spacial score (nSPS) is 22.4. The Balaban J connectivity index is 1.99. The number of carbonyl (C=O) groups is 1. The molecule has 1 aromatic rings. The number of nitrogens with one attached hydrogen (secondary N) is 1. The Kier molecular flexibility index (Phi) is 5.24. The zero-order valence-corrected chi connectivity index (χ0v) is 12.3. The second-order valence-corrected chi connectivity index (χ2v) is 5.52. The average Bonchev–Trinajstić information content (AvgIpc) is 2.43. The molecule has 2 atom stereocenters. The lowest BCUT2D eigenvalue weighted by atomic mass is 9.85. The first-order valence-corrected chi connectivity index (χ1v) is 7.36. The zero-order valence-electron chi connectivity index (χ0n) is 11.5. The lowest BCUT2D eigenvalue weighted by molar-refractivity contribution is -0.149. The molecule has 0 heterocycles. The maximum absolute atomic E-state index is 13.7. The molecule has 0 spiro atoms. The number of benzene rings is 1. The Labute approximate surface area is 123 Å². The molecule has 0 aromatic heterocycles. The van der Waals surface area contributed by atoms with Gasteiger partial charge in [-0.25, -0.2) is 4.39 Å². The van der Waals surface area contributed by atoms with Crippen LogP contribution in [0.4, 0.5) is 10.1 Å². The van der Waals surface area contributed by atoms with Crippen molar-refractivity contribution in [3.8, 4) is 0 Å². The zero-order chi connectivity index (χ0) is 14.5. The van der Waals surface area contributed by atoms with Crippen LogP contribution in [0.15, 0.2) is 18.2 Å². The van der Waals surface area contributed by atoms with Gasteiger partial charge in [-0.05, 0) is 44.4 Å². The van der Waals surface area contributed by atoms with Gasteiger partial charge in [0, 0.05) is 11.1 Å². The smallest absolute Gasteiger partial charge is 0.308 e. The number of ether oxygens (including phenoxy) is 1. The van der Waals surface area contributed by atoms with Crippen LogP contribution < -0.4 is 5.32 Å². The molecule has 2 unspecified atom stereocenters. The standard InChI is InChI=1S/C15H19ClFNO2/c1-2-20-15(19)10-4-3-5-12(8-10)18-14-9-11(16)6-7-13(14)17/h6-7,9-10,12,18H,2-5,8H2,1H3. The van der Waals surface area contributed by atoms with Gasteiger partial charge in [0.15, 0.2) is 0 Å². The van der Waals surface area contributed by atoms with Gasteiger partial charge in [-0.15, -0.1) is 0 Å². The highest BCUT2D eigenvalue weighted by Crippen LogP contribution is 2.29. The molecule has 1 aliphatic rings. The second kappa shape index (κ2) is 6.93. The van der Waals surface area contributed by atoms with Gasteiger partial charge in [0.2, 0.25) is 0 Å². The van der Waals surface area contributed by atoms with E-state index >= 15 is 0 Å². The second-order valence-electron chi connectivity index (χ2n) is 5.08. The van der Waals surface area contributed by atoms with E-state index in [1.54, 1.807) is 13.0 Å². The predicted molar refractivity (Wildman–Crippen MR) is 77.4 cm³/mol. The Morgan fingerprint density at radius 1 is 1.50 bits per heavy atom. The summed E-state index contributed by atoms with van der Waals surface area (Å²) in [6.07, 6.45) is 3.37. The van der Waals surface area contributed by atoms with Crippen molar-refractivity contribution in [2.45, 2.75) is 38.6 Å². The minimum atomic E-state index is -0.326. The lowest BCUT2D eigenvalue weighted by Crippen LogP contribution is -2.32. The average molecular weight is 300 g/mol. The van der Waals surface area contributed by atoms with Crippen LogP contribution in [0.5, 0.6) is 0 Å². The first-order valence-electron chi connectivity index (χ1n) is 6.98. The highest BCUT2D eigenvalue weighted by Gasteiger charge is 2.28. The van der Waals surface area contributed by atoms with E-state index in [4.69, 9.17) is 16.3 Å². The van der Waals surface area contributed by atoms with Gasteiger partial charge in [-0.3, -0.25) is 4.79 Å². The number of anilines is 1. The number of carbonyl (C=O) groups excluding carboxylic acids is 1. The van der Waals surface area contributed by atoms with Gasteiger partial charge < -0.3 is 10.1 Å². The summed E-state index contributed by atoms with van der Waals surface area (Å²) >= 11 is 5.87. The van der Waals surface area contributed by atoms with Crippen LogP contribution in [0.3, 0.4) is 0 Å². The molecule has 1 aromatic carbocycles. The van der Waals surface area contributed by atoms with Crippen molar-refractivity contribution in [3.63, 3.8) is 0 Å². The van der Waals surface area contributed by atoms with Crippen molar-refractivity contribution < 1.29 is 13.9 Å². The summed E-state index contributed by atoms with van der Waals surface area (Å²) in [6.45, 7) is 2.20. The third kappa shape index (κ3) is 3.85. The van der Waals surface area contributed by atoms with E-state index in [0.717, 1.165) is 19.3 Å². The summed E-state index contributed by atoms with van der Waals surface area (Å²) in [5.41, 5.74) is 0.395. The highest BCUT2D eigenvalue weighted by molar-refractivity contribution is 6.30. The molecule has 5 heteroatoms. The van der Waals surface area contributed by atoms with Gasteiger partial charge in [-0.1, -0.05) is 18.0 Å². The van der Waals surface area contributed by atoms with Crippen LogP contribution in [0, 0.1) is 11.7 Å². The summed E-state index contributed by atoms with van der Waals surface area (Å²) in [5, 5.41) is 3.64. The molecular formula is C15H19ClFNO2.